The van der Waals surface area contributed by atoms with Gasteiger partial charge in [0.15, 0.2) is 6.61 Å². The molecular weight excluding hydrogens is 438 g/mol. The van der Waals surface area contributed by atoms with Gasteiger partial charge in [0.1, 0.15) is 11.6 Å². The Morgan fingerprint density at radius 3 is 2.29 bits per heavy atom. The van der Waals surface area contributed by atoms with Crippen molar-refractivity contribution in [3.63, 3.8) is 0 Å². The summed E-state index contributed by atoms with van der Waals surface area (Å²) in [5, 5.41) is 7.69. The van der Waals surface area contributed by atoms with Crippen molar-refractivity contribution < 1.29 is 9.53 Å². The normalized spacial score (nSPS) is 18.2. The van der Waals surface area contributed by atoms with Crippen molar-refractivity contribution in [2.75, 3.05) is 30.9 Å². The standard InChI is InChI=1S/C28H37N5O2/c1-28(2,3)19-10-16-22(17-11-19)35-18-25(34)29-20-12-14-21(15-13-20)30-27-31-24-9-7-6-8-23(24)26(32-27)33(4)5/h6-11,16-17,20-21H,12-15,18H2,1-5H3,(H,29,34)(H,30,31,32). The molecule has 0 spiro atoms. The molecule has 0 unspecified atom stereocenters. The summed E-state index contributed by atoms with van der Waals surface area (Å²) in [7, 11) is 3.99. The van der Waals surface area contributed by atoms with Gasteiger partial charge in [-0.1, -0.05) is 45.0 Å². The number of rotatable bonds is 7. The zero-order chi connectivity index (χ0) is 25.0. The van der Waals surface area contributed by atoms with E-state index in [0.717, 1.165) is 42.4 Å². The van der Waals surface area contributed by atoms with Crippen LogP contribution in [-0.2, 0) is 10.2 Å². The Balaban J connectivity index is 1.25. The van der Waals surface area contributed by atoms with Crippen LogP contribution in [0.5, 0.6) is 5.75 Å². The number of hydrogen-bond acceptors (Lipinski definition) is 6. The number of nitrogens with zero attached hydrogens (tertiary/aromatic N) is 3. The van der Waals surface area contributed by atoms with Gasteiger partial charge in [-0.15, -0.1) is 0 Å². The number of benzene rings is 2. The van der Waals surface area contributed by atoms with Gasteiger partial charge in [-0.25, -0.2) is 4.98 Å². The number of amides is 1. The van der Waals surface area contributed by atoms with Crippen molar-refractivity contribution in [1.29, 1.82) is 0 Å². The van der Waals surface area contributed by atoms with Gasteiger partial charge < -0.3 is 20.3 Å². The van der Waals surface area contributed by atoms with E-state index in [1.807, 2.05) is 55.4 Å². The summed E-state index contributed by atoms with van der Waals surface area (Å²) < 4.78 is 5.70. The lowest BCUT2D eigenvalue weighted by atomic mass is 9.87. The van der Waals surface area contributed by atoms with E-state index in [1.165, 1.54) is 5.56 Å². The van der Waals surface area contributed by atoms with E-state index < -0.39 is 0 Å². The first-order valence-electron chi connectivity index (χ1n) is 12.4. The summed E-state index contributed by atoms with van der Waals surface area (Å²) in [6.45, 7) is 6.56. The van der Waals surface area contributed by atoms with E-state index in [9.17, 15) is 4.79 Å². The Kier molecular flexibility index (Phi) is 7.43. The molecule has 2 aromatic carbocycles. The van der Waals surface area contributed by atoms with E-state index in [-0.39, 0.29) is 30.0 Å². The van der Waals surface area contributed by atoms with Crippen LogP contribution in [0, 0.1) is 0 Å². The molecule has 3 aromatic rings. The highest BCUT2D eigenvalue weighted by Crippen LogP contribution is 2.27. The second kappa shape index (κ2) is 10.5. The van der Waals surface area contributed by atoms with Gasteiger partial charge in [-0.05, 0) is 60.9 Å². The highest BCUT2D eigenvalue weighted by atomic mass is 16.5. The minimum atomic E-state index is -0.0743. The topological polar surface area (TPSA) is 79.4 Å². The van der Waals surface area contributed by atoms with Gasteiger partial charge in [0.2, 0.25) is 5.95 Å². The number of para-hydroxylation sites is 1. The summed E-state index contributed by atoms with van der Waals surface area (Å²) >= 11 is 0. The molecule has 0 atom stereocenters. The fraction of sp³-hybridized carbons (Fsp3) is 0.464. The molecule has 7 heteroatoms. The van der Waals surface area contributed by atoms with Crippen LogP contribution in [0.2, 0.25) is 0 Å². The molecule has 186 valence electrons. The van der Waals surface area contributed by atoms with Gasteiger partial charge in [-0.2, -0.15) is 4.98 Å². The van der Waals surface area contributed by atoms with Gasteiger partial charge in [0.05, 0.1) is 5.52 Å². The fourth-order valence-corrected chi connectivity index (χ4v) is 4.50. The first-order chi connectivity index (χ1) is 16.7. The predicted octanol–water partition coefficient (Wildman–Crippen LogP) is 4.91. The Bertz CT molecular complexity index is 1150. The second-order valence-corrected chi connectivity index (χ2v) is 10.6. The van der Waals surface area contributed by atoms with Crippen LogP contribution in [0.3, 0.4) is 0 Å². The SMILES string of the molecule is CN(C)c1nc(NC2CCC(NC(=O)COc3ccc(C(C)(C)C)cc3)CC2)nc2ccccc12. The Morgan fingerprint density at radius 1 is 0.971 bits per heavy atom. The molecule has 0 radical (unpaired) electrons. The minimum Gasteiger partial charge on any atom is -0.484 e. The number of aromatic nitrogens is 2. The van der Waals surface area contributed by atoms with E-state index >= 15 is 0 Å². The number of carbonyl (C=O) groups excluding carboxylic acids is 1. The van der Waals surface area contributed by atoms with Crippen molar-refractivity contribution in [1.82, 2.24) is 15.3 Å². The number of hydrogen-bond donors (Lipinski definition) is 2. The molecule has 1 aliphatic carbocycles. The van der Waals surface area contributed by atoms with Crippen molar-refractivity contribution in [2.24, 2.45) is 0 Å². The quantitative estimate of drug-likeness (QED) is 0.505. The highest BCUT2D eigenvalue weighted by molar-refractivity contribution is 5.90. The summed E-state index contributed by atoms with van der Waals surface area (Å²) in [5.41, 5.74) is 2.27. The van der Waals surface area contributed by atoms with Crippen molar-refractivity contribution in [3.8, 4) is 5.75 Å². The van der Waals surface area contributed by atoms with Crippen molar-refractivity contribution in [3.05, 3.63) is 54.1 Å². The number of ether oxygens (including phenoxy) is 1. The molecular formula is C28H37N5O2. The molecule has 35 heavy (non-hydrogen) atoms. The predicted molar refractivity (Wildman–Crippen MR) is 142 cm³/mol. The average molecular weight is 476 g/mol. The number of fused-ring (bicyclic) bond motifs is 1. The van der Waals surface area contributed by atoms with E-state index in [4.69, 9.17) is 14.7 Å². The van der Waals surface area contributed by atoms with E-state index in [2.05, 4.69) is 43.5 Å². The van der Waals surface area contributed by atoms with Crippen LogP contribution in [0.4, 0.5) is 11.8 Å². The summed E-state index contributed by atoms with van der Waals surface area (Å²) in [4.78, 5) is 23.9. The molecule has 2 N–H and O–H groups in total. The van der Waals surface area contributed by atoms with Gasteiger partial charge in [-0.3, -0.25) is 4.79 Å². The summed E-state index contributed by atoms with van der Waals surface area (Å²) in [6, 6.07) is 16.5. The molecule has 0 bridgehead atoms. The van der Waals surface area contributed by atoms with Crippen LogP contribution < -0.4 is 20.3 Å². The van der Waals surface area contributed by atoms with Gasteiger partial charge in [0.25, 0.3) is 5.91 Å². The highest BCUT2D eigenvalue weighted by Gasteiger charge is 2.23. The molecule has 0 saturated heterocycles. The Morgan fingerprint density at radius 2 is 1.63 bits per heavy atom. The first-order valence-corrected chi connectivity index (χ1v) is 12.4. The largest absolute Gasteiger partial charge is 0.484 e. The fourth-order valence-electron chi connectivity index (χ4n) is 4.50. The zero-order valence-corrected chi connectivity index (χ0v) is 21.5. The monoisotopic (exact) mass is 475 g/mol. The Hall–Kier alpha value is -3.35. The molecule has 7 nitrogen and oxygen atoms in total. The van der Waals surface area contributed by atoms with E-state index in [0.29, 0.717) is 11.7 Å². The molecule has 0 aliphatic heterocycles. The van der Waals surface area contributed by atoms with Crippen LogP contribution in [0.1, 0.15) is 52.0 Å². The molecule has 1 amide bonds. The molecule has 1 fully saturated rings. The first kappa shape index (κ1) is 24.8. The number of carbonyl (C=O) groups is 1. The third-order valence-electron chi connectivity index (χ3n) is 6.52. The van der Waals surface area contributed by atoms with Crippen LogP contribution in [0.25, 0.3) is 10.9 Å². The summed E-state index contributed by atoms with van der Waals surface area (Å²) in [6.07, 6.45) is 3.73. The molecule has 1 saturated carbocycles. The van der Waals surface area contributed by atoms with Crippen LogP contribution in [0.15, 0.2) is 48.5 Å². The molecule has 4 rings (SSSR count). The molecule has 1 aliphatic rings. The number of anilines is 2. The van der Waals surface area contributed by atoms with Gasteiger partial charge >= 0.3 is 0 Å². The molecule has 1 heterocycles. The zero-order valence-electron chi connectivity index (χ0n) is 21.5. The molecule has 1 aromatic heterocycles. The summed E-state index contributed by atoms with van der Waals surface area (Å²) in [5.74, 6) is 2.21. The smallest absolute Gasteiger partial charge is 0.258 e. The second-order valence-electron chi connectivity index (χ2n) is 10.6. The lowest BCUT2D eigenvalue weighted by Gasteiger charge is -2.30. The van der Waals surface area contributed by atoms with E-state index in [1.54, 1.807) is 0 Å². The minimum absolute atomic E-state index is 0.0330. The number of nitrogens with one attached hydrogen (secondary N) is 2. The maximum Gasteiger partial charge on any atom is 0.258 e. The van der Waals surface area contributed by atoms with Gasteiger partial charge in [0, 0.05) is 31.6 Å². The van der Waals surface area contributed by atoms with Crippen molar-refractivity contribution >= 4 is 28.6 Å². The average Bonchev–Trinajstić information content (AvgIpc) is 2.83. The Labute approximate surface area is 208 Å². The third kappa shape index (κ3) is 6.41. The lowest BCUT2D eigenvalue weighted by Crippen LogP contribution is -2.42. The maximum absolute atomic E-state index is 12.4. The van der Waals surface area contributed by atoms with Crippen LogP contribution in [-0.4, -0.2) is 48.7 Å². The van der Waals surface area contributed by atoms with Crippen molar-refractivity contribution in [2.45, 2.75) is 64.0 Å². The third-order valence-corrected chi connectivity index (χ3v) is 6.52. The lowest BCUT2D eigenvalue weighted by molar-refractivity contribution is -0.124. The maximum atomic E-state index is 12.4. The van der Waals surface area contributed by atoms with Crippen LogP contribution >= 0.6 is 0 Å².